The van der Waals surface area contributed by atoms with E-state index in [9.17, 15) is 0 Å². The molecule has 3 heteroatoms. The van der Waals surface area contributed by atoms with Crippen LogP contribution in [0.15, 0.2) is 235 Å². The Morgan fingerprint density at radius 2 is 0.871 bits per heavy atom. The Labute approximate surface area is 360 Å². The number of hydrogen-bond acceptors (Lipinski definition) is 3. The molecule has 0 unspecified atom stereocenters. The van der Waals surface area contributed by atoms with Crippen molar-refractivity contribution in [3.05, 3.63) is 253 Å². The van der Waals surface area contributed by atoms with Gasteiger partial charge in [0.1, 0.15) is 11.2 Å². The predicted octanol–water partition coefficient (Wildman–Crippen LogP) is 15.1. The highest BCUT2D eigenvalue weighted by Crippen LogP contribution is 2.58. The number of hydrogen-bond donors (Lipinski definition) is 0. The highest BCUT2D eigenvalue weighted by atomic mass is 16.3. The SMILES string of the molecule is c1ccc(-c2cc(-c3cccc(-c4cccc5c4-c4ccccc4C5(c4ccccc4)c4ccccc4)c3)nc(-c3ccc(-c4cccc5c4oc4ccccc45)cc3)n2)cc1. The van der Waals surface area contributed by atoms with Crippen molar-refractivity contribution in [2.75, 3.05) is 0 Å². The molecule has 3 nitrogen and oxygen atoms in total. The van der Waals surface area contributed by atoms with E-state index in [1.165, 1.54) is 38.9 Å². The zero-order chi connectivity index (χ0) is 41.0. The molecule has 62 heavy (non-hydrogen) atoms. The molecule has 0 amide bonds. The third-order valence-electron chi connectivity index (χ3n) is 12.6. The van der Waals surface area contributed by atoms with Crippen LogP contribution >= 0.6 is 0 Å². The number of furan rings is 1. The maximum atomic E-state index is 6.39. The topological polar surface area (TPSA) is 38.9 Å². The van der Waals surface area contributed by atoms with E-state index in [1.807, 2.05) is 18.2 Å². The lowest BCUT2D eigenvalue weighted by molar-refractivity contribution is 0.670. The summed E-state index contributed by atoms with van der Waals surface area (Å²) in [5.41, 5.74) is 18.1. The average molecular weight is 791 g/mol. The molecule has 0 aliphatic heterocycles. The highest BCUT2D eigenvalue weighted by molar-refractivity contribution is 6.09. The van der Waals surface area contributed by atoms with Gasteiger partial charge in [0.05, 0.1) is 16.8 Å². The molecular formula is C59H38N2O. The lowest BCUT2D eigenvalue weighted by Crippen LogP contribution is -2.28. The molecule has 0 saturated carbocycles. The number of fused-ring (bicyclic) bond motifs is 6. The van der Waals surface area contributed by atoms with Crippen LogP contribution in [0.4, 0.5) is 0 Å². The maximum Gasteiger partial charge on any atom is 0.160 e. The van der Waals surface area contributed by atoms with E-state index in [4.69, 9.17) is 14.4 Å². The smallest absolute Gasteiger partial charge is 0.160 e. The molecule has 0 saturated heterocycles. The molecule has 2 aromatic heterocycles. The van der Waals surface area contributed by atoms with Gasteiger partial charge in [-0.05, 0) is 68.3 Å². The first-order chi connectivity index (χ1) is 30.7. The number of benzene rings is 9. The van der Waals surface area contributed by atoms with Gasteiger partial charge in [-0.3, -0.25) is 0 Å². The van der Waals surface area contributed by atoms with Crippen molar-refractivity contribution < 1.29 is 4.42 Å². The van der Waals surface area contributed by atoms with Gasteiger partial charge in [0, 0.05) is 33.0 Å². The Balaban J connectivity index is 0.988. The Morgan fingerprint density at radius 3 is 1.65 bits per heavy atom. The molecule has 290 valence electrons. The van der Waals surface area contributed by atoms with Crippen LogP contribution in [0.25, 0.3) is 89.2 Å². The van der Waals surface area contributed by atoms with E-state index in [1.54, 1.807) is 0 Å². The number of aromatic nitrogens is 2. The first-order valence-electron chi connectivity index (χ1n) is 21.1. The minimum Gasteiger partial charge on any atom is -0.455 e. The molecule has 0 fully saturated rings. The molecule has 12 rings (SSSR count). The summed E-state index contributed by atoms with van der Waals surface area (Å²) in [7, 11) is 0. The molecule has 0 bridgehead atoms. The van der Waals surface area contributed by atoms with Crippen molar-refractivity contribution in [3.63, 3.8) is 0 Å². The van der Waals surface area contributed by atoms with E-state index in [2.05, 4.69) is 212 Å². The minimum absolute atomic E-state index is 0.470. The van der Waals surface area contributed by atoms with Gasteiger partial charge in [-0.25, -0.2) is 9.97 Å². The first-order valence-corrected chi connectivity index (χ1v) is 21.1. The number of para-hydroxylation sites is 2. The predicted molar refractivity (Wildman–Crippen MR) is 254 cm³/mol. The molecule has 0 radical (unpaired) electrons. The molecule has 0 N–H and O–H groups in total. The van der Waals surface area contributed by atoms with Gasteiger partial charge in [0.15, 0.2) is 5.82 Å². The monoisotopic (exact) mass is 790 g/mol. The van der Waals surface area contributed by atoms with Crippen LogP contribution in [0.5, 0.6) is 0 Å². The van der Waals surface area contributed by atoms with Crippen LogP contribution in [0, 0.1) is 0 Å². The van der Waals surface area contributed by atoms with E-state index in [0.717, 1.165) is 66.7 Å². The van der Waals surface area contributed by atoms with Gasteiger partial charge >= 0.3 is 0 Å². The lowest BCUT2D eigenvalue weighted by atomic mass is 9.67. The fourth-order valence-corrected chi connectivity index (χ4v) is 9.83. The normalized spacial score (nSPS) is 12.6. The summed E-state index contributed by atoms with van der Waals surface area (Å²) in [5.74, 6) is 0.672. The van der Waals surface area contributed by atoms with Gasteiger partial charge in [-0.15, -0.1) is 0 Å². The second-order valence-corrected chi connectivity index (χ2v) is 16.0. The molecule has 1 aliphatic rings. The van der Waals surface area contributed by atoms with Crippen LogP contribution in [-0.2, 0) is 5.41 Å². The summed E-state index contributed by atoms with van der Waals surface area (Å²) in [6.07, 6.45) is 0. The van der Waals surface area contributed by atoms with Crippen molar-refractivity contribution in [3.8, 4) is 67.3 Å². The standard InChI is InChI=1S/C59H38N2O/c1-4-17-40(18-5-1)53-38-54(61-58(60-53)41-35-33-39(34-36-41)47-28-15-29-49-48-25-11-13-32-55(48)62-57(47)49)43-20-14-19-42(37-43)46-27-16-31-52-56(46)50-26-10-12-30-51(50)59(52,44-21-6-2-7-22-44)45-23-8-3-9-24-45/h1-38H. The molecule has 9 aromatic carbocycles. The molecule has 11 aromatic rings. The van der Waals surface area contributed by atoms with E-state index < -0.39 is 5.41 Å². The zero-order valence-corrected chi connectivity index (χ0v) is 33.7. The van der Waals surface area contributed by atoms with Crippen LogP contribution in [0.2, 0.25) is 0 Å². The summed E-state index contributed by atoms with van der Waals surface area (Å²) in [5, 5.41) is 2.24. The fourth-order valence-electron chi connectivity index (χ4n) is 9.83. The molecule has 2 heterocycles. The molecule has 0 atom stereocenters. The van der Waals surface area contributed by atoms with Gasteiger partial charge in [-0.1, -0.05) is 212 Å². The zero-order valence-electron chi connectivity index (χ0n) is 33.7. The van der Waals surface area contributed by atoms with Crippen molar-refractivity contribution in [1.29, 1.82) is 0 Å². The first kappa shape index (κ1) is 35.8. The summed E-state index contributed by atoms with van der Waals surface area (Å²) in [4.78, 5) is 10.5. The van der Waals surface area contributed by atoms with Crippen molar-refractivity contribution >= 4 is 21.9 Å². The van der Waals surface area contributed by atoms with Crippen molar-refractivity contribution in [2.45, 2.75) is 5.41 Å². The lowest BCUT2D eigenvalue weighted by Gasteiger charge is -2.34. The van der Waals surface area contributed by atoms with Gasteiger partial charge in [0.25, 0.3) is 0 Å². The third kappa shape index (κ3) is 5.67. The van der Waals surface area contributed by atoms with Crippen molar-refractivity contribution in [1.82, 2.24) is 9.97 Å². The van der Waals surface area contributed by atoms with E-state index in [-0.39, 0.29) is 0 Å². The van der Waals surface area contributed by atoms with Crippen LogP contribution < -0.4 is 0 Å². The number of nitrogens with zero attached hydrogens (tertiary/aromatic N) is 2. The maximum absolute atomic E-state index is 6.39. The van der Waals surface area contributed by atoms with E-state index >= 15 is 0 Å². The Morgan fingerprint density at radius 1 is 0.339 bits per heavy atom. The Bertz CT molecular complexity index is 3400. The Hall–Kier alpha value is -8.14. The Kier molecular flexibility index (Phi) is 8.39. The summed E-state index contributed by atoms with van der Waals surface area (Å²) in [6, 6.07) is 82.2. The third-order valence-corrected chi connectivity index (χ3v) is 12.6. The average Bonchev–Trinajstić information content (AvgIpc) is 3.89. The number of rotatable bonds is 7. The van der Waals surface area contributed by atoms with Gasteiger partial charge in [0.2, 0.25) is 0 Å². The van der Waals surface area contributed by atoms with Crippen molar-refractivity contribution in [2.24, 2.45) is 0 Å². The fraction of sp³-hybridized carbons (Fsp3) is 0.0169. The van der Waals surface area contributed by atoms with Crippen LogP contribution in [0.3, 0.4) is 0 Å². The van der Waals surface area contributed by atoms with Crippen LogP contribution in [0.1, 0.15) is 22.3 Å². The summed E-state index contributed by atoms with van der Waals surface area (Å²) >= 11 is 0. The van der Waals surface area contributed by atoms with Gasteiger partial charge < -0.3 is 4.42 Å². The largest absolute Gasteiger partial charge is 0.455 e. The second kappa shape index (κ2) is 14.5. The summed E-state index contributed by atoms with van der Waals surface area (Å²) in [6.45, 7) is 0. The van der Waals surface area contributed by atoms with Crippen LogP contribution in [-0.4, -0.2) is 9.97 Å². The van der Waals surface area contributed by atoms with E-state index in [0.29, 0.717) is 5.82 Å². The molecule has 1 aliphatic carbocycles. The minimum atomic E-state index is -0.470. The van der Waals surface area contributed by atoms with Gasteiger partial charge in [-0.2, -0.15) is 0 Å². The summed E-state index contributed by atoms with van der Waals surface area (Å²) < 4.78 is 6.39. The molecule has 0 spiro atoms. The second-order valence-electron chi connectivity index (χ2n) is 16.0. The molecular weight excluding hydrogens is 753 g/mol. The quantitative estimate of drug-likeness (QED) is 0.161. The highest BCUT2D eigenvalue weighted by Gasteiger charge is 2.46.